The Hall–Kier alpha value is -1.40. The van der Waals surface area contributed by atoms with Crippen molar-refractivity contribution in [3.8, 4) is 0 Å². The molecule has 2 N–H and O–H groups in total. The molecule has 0 aromatic rings. The molecule has 1 unspecified atom stereocenters. The summed E-state index contributed by atoms with van der Waals surface area (Å²) in [5.74, 6) is -1.61. The van der Waals surface area contributed by atoms with Crippen molar-refractivity contribution in [2.75, 3.05) is 26.9 Å². The molecule has 0 aliphatic heterocycles. The Morgan fingerprint density at radius 2 is 2.06 bits per heavy atom. The minimum Gasteiger partial charge on any atom is -0.478 e. The molecular weight excluding hydrogens is 214 g/mol. The summed E-state index contributed by atoms with van der Waals surface area (Å²) in [6, 6.07) is -0.178. The summed E-state index contributed by atoms with van der Waals surface area (Å²) < 4.78 is 9.96. The van der Waals surface area contributed by atoms with Gasteiger partial charge in [-0.3, -0.25) is 4.79 Å². The second-order valence-corrected chi connectivity index (χ2v) is 3.15. The van der Waals surface area contributed by atoms with Gasteiger partial charge in [0.15, 0.2) is 0 Å². The summed E-state index contributed by atoms with van der Waals surface area (Å²) in [6.07, 6.45) is 1.75. The van der Waals surface area contributed by atoms with E-state index in [1.807, 2.05) is 0 Å². The Morgan fingerprint density at radius 3 is 2.62 bits per heavy atom. The van der Waals surface area contributed by atoms with Gasteiger partial charge in [-0.15, -0.1) is 0 Å². The molecule has 0 spiro atoms. The topological polar surface area (TPSA) is 84.9 Å². The number of methoxy groups -OCH3 is 1. The van der Waals surface area contributed by atoms with Gasteiger partial charge in [-0.05, 0) is 6.92 Å². The number of hydrogen-bond donors (Lipinski definition) is 2. The van der Waals surface area contributed by atoms with Gasteiger partial charge in [0, 0.05) is 25.3 Å². The fourth-order valence-electron chi connectivity index (χ4n) is 0.882. The molecule has 0 aromatic carbocycles. The monoisotopic (exact) mass is 231 g/mol. The van der Waals surface area contributed by atoms with Gasteiger partial charge in [-0.2, -0.15) is 0 Å². The van der Waals surface area contributed by atoms with Crippen molar-refractivity contribution >= 4 is 11.9 Å². The molecular formula is C10H17NO5. The van der Waals surface area contributed by atoms with Gasteiger partial charge in [0.2, 0.25) is 5.91 Å². The van der Waals surface area contributed by atoms with Gasteiger partial charge in [0.1, 0.15) is 0 Å². The predicted molar refractivity (Wildman–Crippen MR) is 57.1 cm³/mol. The van der Waals surface area contributed by atoms with E-state index in [0.717, 1.165) is 12.2 Å². The molecule has 0 heterocycles. The molecule has 0 aliphatic rings. The average Bonchev–Trinajstić information content (AvgIpc) is 2.21. The van der Waals surface area contributed by atoms with Crippen molar-refractivity contribution in [3.05, 3.63) is 12.2 Å². The quantitative estimate of drug-likeness (QED) is 0.446. The number of rotatable bonds is 8. The smallest absolute Gasteiger partial charge is 0.328 e. The number of hydrogen-bond acceptors (Lipinski definition) is 4. The van der Waals surface area contributed by atoms with E-state index in [4.69, 9.17) is 14.6 Å². The van der Waals surface area contributed by atoms with Crippen LogP contribution in [-0.4, -0.2) is 50.0 Å². The molecule has 16 heavy (non-hydrogen) atoms. The van der Waals surface area contributed by atoms with Crippen LogP contribution in [0, 0.1) is 0 Å². The normalized spacial score (nSPS) is 12.6. The number of carboxylic acids is 1. The maximum atomic E-state index is 11.1. The third kappa shape index (κ3) is 9.17. The first-order valence-electron chi connectivity index (χ1n) is 4.84. The van der Waals surface area contributed by atoms with Crippen LogP contribution in [0.2, 0.25) is 0 Å². The zero-order chi connectivity index (χ0) is 12.4. The standard InChI is InChI=1S/C10H17NO5/c1-8(7-16-6-5-15-2)11-9(12)3-4-10(13)14/h3-4,8H,5-7H2,1-2H3,(H,11,12)(H,13,14)/b4-3-. The van der Waals surface area contributed by atoms with E-state index >= 15 is 0 Å². The molecule has 1 amide bonds. The second kappa shape index (κ2) is 8.87. The van der Waals surface area contributed by atoms with Crippen LogP contribution in [0.25, 0.3) is 0 Å². The molecule has 0 radical (unpaired) electrons. The molecule has 1 atom stereocenters. The number of ether oxygens (including phenoxy) is 2. The third-order valence-corrected chi connectivity index (χ3v) is 1.57. The largest absolute Gasteiger partial charge is 0.478 e. The van der Waals surface area contributed by atoms with Crippen LogP contribution in [0.3, 0.4) is 0 Å². The van der Waals surface area contributed by atoms with Gasteiger partial charge in [0.05, 0.1) is 19.8 Å². The van der Waals surface area contributed by atoms with Crippen molar-refractivity contribution in [3.63, 3.8) is 0 Å². The number of nitrogens with one attached hydrogen (secondary N) is 1. The fourth-order valence-corrected chi connectivity index (χ4v) is 0.882. The third-order valence-electron chi connectivity index (χ3n) is 1.57. The number of carboxylic acid groups (broad SMARTS) is 1. The average molecular weight is 231 g/mol. The van der Waals surface area contributed by atoms with E-state index < -0.39 is 11.9 Å². The van der Waals surface area contributed by atoms with Crippen LogP contribution in [-0.2, 0) is 19.1 Å². The Bertz CT molecular complexity index is 252. The molecule has 0 saturated carbocycles. The summed E-state index contributed by atoms with van der Waals surface area (Å²) >= 11 is 0. The lowest BCUT2D eigenvalue weighted by atomic mass is 10.3. The molecule has 0 fully saturated rings. The highest BCUT2D eigenvalue weighted by Crippen LogP contribution is 1.86. The van der Waals surface area contributed by atoms with Crippen LogP contribution < -0.4 is 5.32 Å². The zero-order valence-corrected chi connectivity index (χ0v) is 9.43. The first-order valence-corrected chi connectivity index (χ1v) is 4.84. The number of aliphatic carboxylic acids is 1. The number of amides is 1. The van der Waals surface area contributed by atoms with Crippen molar-refractivity contribution in [2.45, 2.75) is 13.0 Å². The molecule has 0 aliphatic carbocycles. The van der Waals surface area contributed by atoms with Gasteiger partial charge >= 0.3 is 5.97 Å². The highest BCUT2D eigenvalue weighted by Gasteiger charge is 2.04. The van der Waals surface area contributed by atoms with Crippen molar-refractivity contribution < 1.29 is 24.2 Å². The van der Waals surface area contributed by atoms with E-state index in [2.05, 4.69) is 5.32 Å². The van der Waals surface area contributed by atoms with Gasteiger partial charge in [-0.1, -0.05) is 0 Å². The first-order chi connectivity index (χ1) is 7.56. The minimum absolute atomic E-state index is 0.178. The number of carbonyl (C=O) groups excluding carboxylic acids is 1. The maximum Gasteiger partial charge on any atom is 0.328 e. The van der Waals surface area contributed by atoms with Crippen molar-refractivity contribution in [2.24, 2.45) is 0 Å². The molecule has 0 bridgehead atoms. The molecule has 0 saturated heterocycles. The molecule has 0 aromatic heterocycles. The lowest BCUT2D eigenvalue weighted by Gasteiger charge is -2.12. The fraction of sp³-hybridized carbons (Fsp3) is 0.600. The first kappa shape index (κ1) is 14.6. The summed E-state index contributed by atoms with van der Waals surface area (Å²) in [7, 11) is 1.57. The second-order valence-electron chi connectivity index (χ2n) is 3.15. The van der Waals surface area contributed by atoms with Crippen LogP contribution in [0.4, 0.5) is 0 Å². The van der Waals surface area contributed by atoms with E-state index in [9.17, 15) is 9.59 Å². The van der Waals surface area contributed by atoms with Gasteiger partial charge < -0.3 is 19.9 Å². The van der Waals surface area contributed by atoms with Gasteiger partial charge in [0.25, 0.3) is 0 Å². The lowest BCUT2D eigenvalue weighted by Crippen LogP contribution is -2.35. The SMILES string of the molecule is COCCOCC(C)NC(=O)/C=C\C(=O)O. The Balaban J connectivity index is 3.65. The van der Waals surface area contributed by atoms with Gasteiger partial charge in [-0.25, -0.2) is 4.79 Å². The Labute approximate surface area is 94.2 Å². The highest BCUT2D eigenvalue weighted by molar-refractivity contribution is 5.93. The zero-order valence-electron chi connectivity index (χ0n) is 9.43. The summed E-state index contributed by atoms with van der Waals surface area (Å²) in [4.78, 5) is 21.2. The van der Waals surface area contributed by atoms with Crippen LogP contribution >= 0.6 is 0 Å². The highest BCUT2D eigenvalue weighted by atomic mass is 16.5. The summed E-state index contributed by atoms with van der Waals surface area (Å²) in [5, 5.41) is 10.8. The summed E-state index contributed by atoms with van der Waals surface area (Å²) in [6.45, 7) is 3.08. The minimum atomic E-state index is -1.15. The van der Waals surface area contributed by atoms with Crippen LogP contribution in [0.5, 0.6) is 0 Å². The van der Waals surface area contributed by atoms with E-state index in [1.165, 1.54) is 0 Å². The summed E-state index contributed by atoms with van der Waals surface area (Å²) in [5.41, 5.74) is 0. The van der Waals surface area contributed by atoms with Crippen molar-refractivity contribution in [1.82, 2.24) is 5.32 Å². The van der Waals surface area contributed by atoms with E-state index in [-0.39, 0.29) is 6.04 Å². The predicted octanol–water partition coefficient (Wildman–Crippen LogP) is -0.205. The lowest BCUT2D eigenvalue weighted by molar-refractivity contribution is -0.131. The van der Waals surface area contributed by atoms with Crippen LogP contribution in [0.1, 0.15) is 6.92 Å². The van der Waals surface area contributed by atoms with E-state index in [0.29, 0.717) is 19.8 Å². The van der Waals surface area contributed by atoms with E-state index in [1.54, 1.807) is 14.0 Å². The molecule has 6 nitrogen and oxygen atoms in total. The molecule has 92 valence electrons. The number of carbonyl (C=O) groups is 2. The Morgan fingerprint density at radius 1 is 1.38 bits per heavy atom. The molecule has 0 rings (SSSR count). The maximum absolute atomic E-state index is 11.1. The molecule has 6 heteroatoms. The van der Waals surface area contributed by atoms with Crippen LogP contribution in [0.15, 0.2) is 12.2 Å². The van der Waals surface area contributed by atoms with Crippen molar-refractivity contribution in [1.29, 1.82) is 0 Å². The Kier molecular flexibility index (Phi) is 8.10.